The van der Waals surface area contributed by atoms with Crippen LogP contribution in [0.3, 0.4) is 0 Å². The number of aryl methyl sites for hydroxylation is 1. The third-order valence-electron chi connectivity index (χ3n) is 5.59. The molecule has 2 atom stereocenters. The van der Waals surface area contributed by atoms with Gasteiger partial charge in [0, 0.05) is 43.6 Å². The summed E-state index contributed by atoms with van der Waals surface area (Å²) in [5.41, 5.74) is 4.14. The number of amides is 1. The number of pyridine rings is 1. The number of fused-ring (bicyclic) bond motifs is 2. The third kappa shape index (κ3) is 3.50. The zero-order chi connectivity index (χ0) is 21.7. The molecule has 3 N–H and O–H groups in total. The SMILES string of the molecule is Cc1cn2cc(NC(=O)c3ccc(N4C[C@H](C)N[C@@H](C)C4)c4[nH]cnc34)cc(F)c2n1. The Bertz CT molecular complexity index is 1280. The molecule has 1 amide bonds. The van der Waals surface area contributed by atoms with Crippen LogP contribution in [0.4, 0.5) is 15.8 Å². The van der Waals surface area contributed by atoms with Gasteiger partial charge in [0.1, 0.15) is 5.52 Å². The van der Waals surface area contributed by atoms with E-state index in [0.717, 1.165) is 24.3 Å². The molecular weight excluding hydrogens is 397 g/mol. The minimum absolute atomic E-state index is 0.231. The molecule has 3 aromatic heterocycles. The molecule has 0 radical (unpaired) electrons. The van der Waals surface area contributed by atoms with Gasteiger partial charge < -0.3 is 24.9 Å². The van der Waals surface area contributed by atoms with Crippen molar-refractivity contribution in [3.63, 3.8) is 0 Å². The van der Waals surface area contributed by atoms with Crippen LogP contribution in [-0.2, 0) is 0 Å². The Hall–Kier alpha value is -3.46. The highest BCUT2D eigenvalue weighted by molar-refractivity contribution is 6.13. The number of H-pyrrole nitrogens is 1. The second kappa shape index (κ2) is 7.35. The van der Waals surface area contributed by atoms with Gasteiger partial charge in [0.15, 0.2) is 11.5 Å². The van der Waals surface area contributed by atoms with Gasteiger partial charge >= 0.3 is 0 Å². The average molecular weight is 421 g/mol. The molecule has 0 spiro atoms. The Labute approximate surface area is 178 Å². The van der Waals surface area contributed by atoms with Crippen LogP contribution in [-0.4, -0.2) is 50.4 Å². The summed E-state index contributed by atoms with van der Waals surface area (Å²) in [5, 5.41) is 6.32. The van der Waals surface area contributed by atoms with Crippen molar-refractivity contribution in [1.29, 1.82) is 0 Å². The van der Waals surface area contributed by atoms with Gasteiger partial charge in [0.2, 0.25) is 0 Å². The summed E-state index contributed by atoms with van der Waals surface area (Å²) < 4.78 is 15.9. The average Bonchev–Trinajstić information content (AvgIpc) is 3.33. The molecule has 1 saturated heterocycles. The van der Waals surface area contributed by atoms with E-state index in [0.29, 0.717) is 34.5 Å². The molecule has 4 aromatic rings. The van der Waals surface area contributed by atoms with Crippen molar-refractivity contribution in [3.05, 3.63) is 54.0 Å². The first-order chi connectivity index (χ1) is 14.9. The summed E-state index contributed by atoms with van der Waals surface area (Å²) in [7, 11) is 0. The van der Waals surface area contributed by atoms with Crippen LogP contribution in [0, 0.1) is 12.7 Å². The minimum Gasteiger partial charge on any atom is -0.367 e. The predicted molar refractivity (Wildman–Crippen MR) is 118 cm³/mol. The number of anilines is 2. The van der Waals surface area contributed by atoms with Crippen LogP contribution in [0.5, 0.6) is 0 Å². The zero-order valence-electron chi connectivity index (χ0n) is 17.6. The number of aromatic nitrogens is 4. The van der Waals surface area contributed by atoms with Gasteiger partial charge in [-0.3, -0.25) is 4.79 Å². The van der Waals surface area contributed by atoms with Crippen LogP contribution >= 0.6 is 0 Å². The van der Waals surface area contributed by atoms with Crippen LogP contribution in [0.25, 0.3) is 16.7 Å². The van der Waals surface area contributed by atoms with Crippen LogP contribution in [0.1, 0.15) is 29.9 Å². The molecule has 1 aliphatic rings. The molecule has 0 bridgehead atoms. The van der Waals surface area contributed by atoms with E-state index in [1.54, 1.807) is 36.1 Å². The molecule has 0 saturated carbocycles. The van der Waals surface area contributed by atoms with Crippen molar-refractivity contribution in [3.8, 4) is 0 Å². The van der Waals surface area contributed by atoms with Gasteiger partial charge in [0.05, 0.1) is 34.5 Å². The largest absolute Gasteiger partial charge is 0.367 e. The van der Waals surface area contributed by atoms with E-state index >= 15 is 0 Å². The molecule has 8 nitrogen and oxygen atoms in total. The fraction of sp³-hybridized carbons (Fsp3) is 0.318. The van der Waals surface area contributed by atoms with Gasteiger partial charge in [-0.1, -0.05) is 0 Å². The highest BCUT2D eigenvalue weighted by atomic mass is 19.1. The Balaban J connectivity index is 1.47. The number of halogens is 1. The predicted octanol–water partition coefficient (Wildman–Crippen LogP) is 3.10. The standard InChI is InChI=1S/C22H24FN7O/c1-12-7-29(8-13(2)26-12)18-5-4-16(19-20(18)25-11-24-19)22(31)28-15-6-17(23)21-27-14(3)9-30(21)10-15/h4-6,9-13,26H,7-8H2,1-3H3,(H,24,25)(H,28,31)/t12-,13-/m0/s1. The van der Waals surface area contributed by atoms with Gasteiger partial charge in [-0.05, 0) is 32.9 Å². The summed E-state index contributed by atoms with van der Waals surface area (Å²) in [6.45, 7) is 7.85. The molecule has 0 aliphatic carbocycles. The zero-order valence-corrected chi connectivity index (χ0v) is 17.6. The van der Waals surface area contributed by atoms with Crippen LogP contribution in [0.15, 0.2) is 36.9 Å². The Morgan fingerprint density at radius 1 is 1.23 bits per heavy atom. The second-order valence-electron chi connectivity index (χ2n) is 8.28. The lowest BCUT2D eigenvalue weighted by Gasteiger charge is -2.37. The van der Waals surface area contributed by atoms with Crippen LogP contribution in [0.2, 0.25) is 0 Å². The Morgan fingerprint density at radius 2 is 2.00 bits per heavy atom. The fourth-order valence-electron chi connectivity index (χ4n) is 4.43. The lowest BCUT2D eigenvalue weighted by Crippen LogP contribution is -2.54. The summed E-state index contributed by atoms with van der Waals surface area (Å²) in [4.78, 5) is 27.1. The highest BCUT2D eigenvalue weighted by Gasteiger charge is 2.24. The van der Waals surface area contributed by atoms with Gasteiger partial charge in [-0.15, -0.1) is 0 Å². The molecule has 1 aliphatic heterocycles. The topological polar surface area (TPSA) is 90.3 Å². The molecule has 0 unspecified atom stereocenters. The molecular formula is C22H24FN7O. The maximum absolute atomic E-state index is 14.4. The first-order valence-corrected chi connectivity index (χ1v) is 10.3. The van der Waals surface area contributed by atoms with Crippen molar-refractivity contribution in [2.75, 3.05) is 23.3 Å². The van der Waals surface area contributed by atoms with E-state index in [2.05, 4.69) is 44.3 Å². The summed E-state index contributed by atoms with van der Waals surface area (Å²) in [5.74, 6) is -0.839. The number of carbonyl (C=O) groups is 1. The minimum atomic E-state index is -0.492. The number of nitrogens with one attached hydrogen (secondary N) is 3. The second-order valence-corrected chi connectivity index (χ2v) is 8.28. The highest BCUT2D eigenvalue weighted by Crippen LogP contribution is 2.29. The van der Waals surface area contributed by atoms with Crippen molar-refractivity contribution < 1.29 is 9.18 Å². The van der Waals surface area contributed by atoms with E-state index in [4.69, 9.17) is 0 Å². The summed E-state index contributed by atoms with van der Waals surface area (Å²) in [6.07, 6.45) is 4.96. The Kier molecular flexibility index (Phi) is 4.62. The Morgan fingerprint density at radius 3 is 2.77 bits per heavy atom. The molecule has 5 rings (SSSR count). The van der Waals surface area contributed by atoms with E-state index in [9.17, 15) is 9.18 Å². The molecule has 31 heavy (non-hydrogen) atoms. The number of nitrogens with zero attached hydrogens (tertiary/aromatic N) is 4. The monoisotopic (exact) mass is 421 g/mol. The van der Waals surface area contributed by atoms with E-state index in [1.165, 1.54) is 6.07 Å². The van der Waals surface area contributed by atoms with Gasteiger partial charge in [-0.25, -0.2) is 14.4 Å². The van der Waals surface area contributed by atoms with Crippen LogP contribution < -0.4 is 15.5 Å². The van der Waals surface area contributed by atoms with Crippen molar-refractivity contribution in [2.24, 2.45) is 0 Å². The number of piperazine rings is 1. The smallest absolute Gasteiger partial charge is 0.257 e. The number of benzene rings is 1. The van der Waals surface area contributed by atoms with Crippen molar-refractivity contribution in [2.45, 2.75) is 32.9 Å². The van der Waals surface area contributed by atoms with Gasteiger partial charge in [0.25, 0.3) is 5.91 Å². The number of carbonyl (C=O) groups excluding carboxylic acids is 1. The van der Waals surface area contributed by atoms with E-state index < -0.39 is 5.82 Å². The maximum Gasteiger partial charge on any atom is 0.257 e. The lowest BCUT2D eigenvalue weighted by atomic mass is 10.1. The molecule has 1 aromatic carbocycles. The molecule has 1 fully saturated rings. The van der Waals surface area contributed by atoms with Crippen molar-refractivity contribution in [1.82, 2.24) is 24.7 Å². The quantitative estimate of drug-likeness (QED) is 0.473. The molecule has 9 heteroatoms. The first-order valence-electron chi connectivity index (χ1n) is 10.3. The number of aromatic amines is 1. The number of imidazole rings is 2. The van der Waals surface area contributed by atoms with Crippen molar-refractivity contribution >= 4 is 34.0 Å². The first kappa shape index (κ1) is 19.5. The lowest BCUT2D eigenvalue weighted by molar-refractivity contribution is 0.102. The number of hydrogen-bond acceptors (Lipinski definition) is 5. The third-order valence-corrected chi connectivity index (χ3v) is 5.59. The van der Waals surface area contributed by atoms with Gasteiger partial charge in [-0.2, -0.15) is 0 Å². The summed E-state index contributed by atoms with van der Waals surface area (Å²) >= 11 is 0. The fourth-order valence-corrected chi connectivity index (χ4v) is 4.43. The normalized spacial score (nSPS) is 19.3. The molecule has 4 heterocycles. The number of rotatable bonds is 3. The summed E-state index contributed by atoms with van der Waals surface area (Å²) in [6, 6.07) is 5.73. The number of hydrogen-bond donors (Lipinski definition) is 3. The molecule has 160 valence electrons. The maximum atomic E-state index is 14.4. The van der Waals surface area contributed by atoms with E-state index in [-0.39, 0.29) is 11.6 Å². The van der Waals surface area contributed by atoms with E-state index in [1.807, 2.05) is 6.07 Å².